The van der Waals surface area contributed by atoms with Gasteiger partial charge in [-0.25, -0.2) is 0 Å². The molecule has 1 rings (SSSR count). The minimum atomic E-state index is 0.358. The Morgan fingerprint density at radius 3 is 3.08 bits per heavy atom. The maximum absolute atomic E-state index is 5.46. The summed E-state index contributed by atoms with van der Waals surface area (Å²) in [6.45, 7) is 6.00. The highest BCUT2D eigenvalue weighted by atomic mass is 32.2. The van der Waals surface area contributed by atoms with Gasteiger partial charge in [0.25, 0.3) is 0 Å². The minimum Gasteiger partial charge on any atom is -0.377 e. The van der Waals surface area contributed by atoms with E-state index in [1.54, 1.807) is 0 Å². The molecule has 2 atom stereocenters. The van der Waals surface area contributed by atoms with Crippen LogP contribution in [0.25, 0.3) is 0 Å². The molecule has 1 aliphatic rings. The smallest absolute Gasteiger partial charge is 0.0671 e. The van der Waals surface area contributed by atoms with Crippen molar-refractivity contribution < 1.29 is 4.74 Å². The predicted octanol–water partition coefficient (Wildman–Crippen LogP) is 1.90. The highest BCUT2D eigenvalue weighted by Gasteiger charge is 2.13. The van der Waals surface area contributed by atoms with Gasteiger partial charge in [-0.2, -0.15) is 11.8 Å². The van der Waals surface area contributed by atoms with Crippen LogP contribution in [-0.2, 0) is 4.74 Å². The van der Waals surface area contributed by atoms with Crippen LogP contribution in [0.15, 0.2) is 0 Å². The van der Waals surface area contributed by atoms with Crippen LogP contribution in [0.1, 0.15) is 26.7 Å². The summed E-state index contributed by atoms with van der Waals surface area (Å²) >= 11 is 2.06. The molecule has 0 aromatic carbocycles. The maximum atomic E-state index is 5.46. The second-order valence-corrected chi connectivity index (χ2v) is 4.74. The van der Waals surface area contributed by atoms with Gasteiger partial charge in [0.1, 0.15) is 0 Å². The van der Waals surface area contributed by atoms with Crippen molar-refractivity contribution in [3.05, 3.63) is 0 Å². The zero-order chi connectivity index (χ0) is 9.52. The molecule has 2 unspecified atom stereocenters. The van der Waals surface area contributed by atoms with Gasteiger partial charge < -0.3 is 10.1 Å². The van der Waals surface area contributed by atoms with E-state index in [0.29, 0.717) is 6.10 Å². The fraction of sp³-hybridized carbons (Fsp3) is 1.00. The Bertz CT molecular complexity index is 126. The molecule has 0 spiro atoms. The molecular formula is C10H21NOS. The van der Waals surface area contributed by atoms with Crippen molar-refractivity contribution in [3.63, 3.8) is 0 Å². The van der Waals surface area contributed by atoms with Crippen LogP contribution in [0.5, 0.6) is 0 Å². The van der Waals surface area contributed by atoms with Gasteiger partial charge in [-0.05, 0) is 32.4 Å². The lowest BCUT2D eigenvalue weighted by Crippen LogP contribution is -2.38. The Morgan fingerprint density at radius 1 is 1.62 bits per heavy atom. The molecule has 1 saturated heterocycles. The molecule has 1 aliphatic heterocycles. The average Bonchev–Trinajstić information content (AvgIpc) is 2.17. The monoisotopic (exact) mass is 203 g/mol. The van der Waals surface area contributed by atoms with E-state index in [2.05, 4.69) is 24.0 Å². The molecule has 0 radical (unpaired) electrons. The molecule has 13 heavy (non-hydrogen) atoms. The largest absolute Gasteiger partial charge is 0.377 e. The van der Waals surface area contributed by atoms with E-state index >= 15 is 0 Å². The number of ether oxygens (including phenoxy) is 1. The highest BCUT2D eigenvalue weighted by molar-refractivity contribution is 7.99. The number of nitrogens with one attached hydrogen (secondary N) is 1. The third kappa shape index (κ3) is 4.89. The summed E-state index contributed by atoms with van der Waals surface area (Å²) in [5.74, 6) is 2.62. The van der Waals surface area contributed by atoms with E-state index in [1.807, 2.05) is 6.92 Å². The maximum Gasteiger partial charge on any atom is 0.0671 e. The molecule has 0 aromatic rings. The highest BCUT2D eigenvalue weighted by Crippen LogP contribution is 2.16. The number of rotatable bonds is 5. The Labute approximate surface area is 85.8 Å². The van der Waals surface area contributed by atoms with Crippen LogP contribution in [0.4, 0.5) is 0 Å². The van der Waals surface area contributed by atoms with Gasteiger partial charge in [-0.1, -0.05) is 0 Å². The van der Waals surface area contributed by atoms with E-state index in [4.69, 9.17) is 4.74 Å². The van der Waals surface area contributed by atoms with Crippen molar-refractivity contribution in [2.24, 2.45) is 0 Å². The second-order valence-electron chi connectivity index (χ2n) is 3.59. The zero-order valence-electron chi connectivity index (χ0n) is 8.71. The van der Waals surface area contributed by atoms with Crippen LogP contribution in [-0.4, -0.2) is 36.8 Å². The summed E-state index contributed by atoms with van der Waals surface area (Å²) in [6, 6.07) is 0.724. The SMILES string of the molecule is CCOC(C)CNC1CCCSC1. The van der Waals surface area contributed by atoms with Crippen LogP contribution in [0.2, 0.25) is 0 Å². The molecular weight excluding hydrogens is 182 g/mol. The molecule has 1 N–H and O–H groups in total. The van der Waals surface area contributed by atoms with E-state index in [1.165, 1.54) is 24.3 Å². The summed E-state index contributed by atoms with van der Waals surface area (Å²) in [5, 5.41) is 3.56. The molecule has 3 heteroatoms. The molecule has 0 amide bonds. The normalized spacial score (nSPS) is 25.8. The Morgan fingerprint density at radius 2 is 2.46 bits per heavy atom. The van der Waals surface area contributed by atoms with Gasteiger partial charge >= 0.3 is 0 Å². The first-order chi connectivity index (χ1) is 6.33. The van der Waals surface area contributed by atoms with E-state index in [-0.39, 0.29) is 0 Å². The lowest BCUT2D eigenvalue weighted by Gasteiger charge is -2.24. The van der Waals surface area contributed by atoms with Gasteiger partial charge in [0.2, 0.25) is 0 Å². The van der Waals surface area contributed by atoms with Crippen molar-refractivity contribution in [1.82, 2.24) is 5.32 Å². The molecule has 0 aliphatic carbocycles. The third-order valence-corrected chi connectivity index (χ3v) is 3.52. The van der Waals surface area contributed by atoms with E-state index in [9.17, 15) is 0 Å². The van der Waals surface area contributed by atoms with Gasteiger partial charge in [-0.3, -0.25) is 0 Å². The van der Waals surface area contributed by atoms with Gasteiger partial charge in [-0.15, -0.1) is 0 Å². The number of hydrogen-bond donors (Lipinski definition) is 1. The van der Waals surface area contributed by atoms with E-state index < -0.39 is 0 Å². The van der Waals surface area contributed by atoms with Crippen LogP contribution in [0.3, 0.4) is 0 Å². The molecule has 0 saturated carbocycles. The zero-order valence-corrected chi connectivity index (χ0v) is 9.53. The van der Waals surface area contributed by atoms with Crippen molar-refractivity contribution in [3.8, 4) is 0 Å². The van der Waals surface area contributed by atoms with Gasteiger partial charge in [0.15, 0.2) is 0 Å². The molecule has 0 bridgehead atoms. The lowest BCUT2D eigenvalue weighted by atomic mass is 10.2. The predicted molar refractivity (Wildman–Crippen MR) is 59.4 cm³/mol. The van der Waals surface area contributed by atoms with Gasteiger partial charge in [0, 0.05) is 24.9 Å². The molecule has 0 aromatic heterocycles. The Hall–Kier alpha value is 0.270. The first-order valence-corrected chi connectivity index (χ1v) is 6.41. The molecule has 1 heterocycles. The fourth-order valence-electron chi connectivity index (χ4n) is 1.58. The number of thioether (sulfide) groups is 1. The average molecular weight is 203 g/mol. The standard InChI is InChI=1S/C10H21NOS/c1-3-12-9(2)7-11-10-5-4-6-13-8-10/h9-11H,3-8H2,1-2H3. The first kappa shape index (κ1) is 11.3. The Balaban J connectivity index is 2.03. The van der Waals surface area contributed by atoms with Crippen molar-refractivity contribution in [1.29, 1.82) is 0 Å². The van der Waals surface area contributed by atoms with Crippen LogP contribution in [0, 0.1) is 0 Å². The quantitative estimate of drug-likeness (QED) is 0.737. The van der Waals surface area contributed by atoms with Gasteiger partial charge in [0.05, 0.1) is 6.10 Å². The summed E-state index contributed by atoms with van der Waals surface area (Å²) in [6.07, 6.45) is 3.06. The lowest BCUT2D eigenvalue weighted by molar-refractivity contribution is 0.0742. The second kappa shape index (κ2) is 6.68. The fourth-order valence-corrected chi connectivity index (χ4v) is 2.68. The van der Waals surface area contributed by atoms with Crippen LogP contribution < -0.4 is 5.32 Å². The van der Waals surface area contributed by atoms with Crippen LogP contribution >= 0.6 is 11.8 Å². The summed E-state index contributed by atoms with van der Waals surface area (Å²) in [5.41, 5.74) is 0. The summed E-state index contributed by atoms with van der Waals surface area (Å²) < 4.78 is 5.46. The third-order valence-electron chi connectivity index (χ3n) is 2.31. The molecule has 1 fully saturated rings. The first-order valence-electron chi connectivity index (χ1n) is 5.25. The van der Waals surface area contributed by atoms with E-state index in [0.717, 1.165) is 19.2 Å². The van der Waals surface area contributed by atoms with Crippen molar-refractivity contribution in [2.45, 2.75) is 38.8 Å². The van der Waals surface area contributed by atoms with Crippen molar-refractivity contribution in [2.75, 3.05) is 24.7 Å². The molecule has 2 nitrogen and oxygen atoms in total. The summed E-state index contributed by atoms with van der Waals surface area (Å²) in [4.78, 5) is 0. The summed E-state index contributed by atoms with van der Waals surface area (Å²) in [7, 11) is 0. The van der Waals surface area contributed by atoms with Crippen molar-refractivity contribution >= 4 is 11.8 Å². The number of hydrogen-bond acceptors (Lipinski definition) is 3. The topological polar surface area (TPSA) is 21.3 Å². The molecule has 78 valence electrons. The minimum absolute atomic E-state index is 0.358. The Kier molecular flexibility index (Phi) is 5.83.